The summed E-state index contributed by atoms with van der Waals surface area (Å²) >= 11 is 0. The molecule has 27 heavy (non-hydrogen) atoms. The van der Waals surface area contributed by atoms with E-state index in [2.05, 4.69) is 0 Å². The zero-order valence-electron chi connectivity index (χ0n) is 14.2. The van der Waals surface area contributed by atoms with Crippen molar-refractivity contribution in [1.82, 2.24) is 0 Å². The van der Waals surface area contributed by atoms with E-state index in [0.29, 0.717) is 30.9 Å². The quantitative estimate of drug-likeness (QED) is 0.569. The average Bonchev–Trinajstić information content (AvgIpc) is 3.35. The third-order valence-corrected chi connectivity index (χ3v) is 6.63. The minimum Gasteiger partial charge on any atom is -0.358 e. The lowest BCUT2D eigenvalue weighted by molar-refractivity contribution is -0.306. The Morgan fingerprint density at radius 1 is 1.00 bits per heavy atom. The fraction of sp³-hybridized carbons (Fsp3) is 0.381. The highest BCUT2D eigenvalue weighted by Crippen LogP contribution is 2.81. The van der Waals surface area contributed by atoms with Gasteiger partial charge in [-0.3, -0.25) is 0 Å². The first kappa shape index (κ1) is 16.8. The van der Waals surface area contributed by atoms with E-state index < -0.39 is 28.6 Å². The highest BCUT2D eigenvalue weighted by atomic mass is 19.3. The predicted molar refractivity (Wildman–Crippen MR) is 88.1 cm³/mol. The molecular weight excluding hydrogens is 358 g/mol. The minimum absolute atomic E-state index is 0.270. The Balaban J connectivity index is 1.42. The second kappa shape index (κ2) is 4.90. The number of hydrogen-bond donors (Lipinski definition) is 0. The van der Waals surface area contributed by atoms with Crippen molar-refractivity contribution in [3.63, 3.8) is 0 Å². The lowest BCUT2D eigenvalue weighted by Crippen LogP contribution is -2.74. The van der Waals surface area contributed by atoms with Crippen molar-refractivity contribution in [2.24, 2.45) is 5.41 Å². The molecule has 1 saturated heterocycles. The van der Waals surface area contributed by atoms with Gasteiger partial charge in [-0.05, 0) is 54.5 Å². The molecule has 3 aliphatic carbocycles. The van der Waals surface area contributed by atoms with Crippen LogP contribution in [0.2, 0.25) is 0 Å². The van der Waals surface area contributed by atoms with E-state index in [1.165, 1.54) is 0 Å². The van der Waals surface area contributed by atoms with Crippen molar-refractivity contribution >= 4 is 0 Å². The summed E-state index contributed by atoms with van der Waals surface area (Å²) in [6, 6.07) is 11.7. The van der Waals surface area contributed by atoms with Crippen LogP contribution in [0.25, 0.3) is 0 Å². The largest absolute Gasteiger partial charge is 0.358 e. The van der Waals surface area contributed by atoms with Gasteiger partial charge in [-0.1, -0.05) is 12.1 Å². The Kier molecular flexibility index (Phi) is 3.04. The van der Waals surface area contributed by atoms with E-state index in [9.17, 15) is 8.78 Å². The maximum atomic E-state index is 15.5. The molecule has 3 saturated carbocycles. The molecule has 138 valence electrons. The number of nitrogens with zero attached hydrogens (tertiary/aromatic N) is 1. The second-order valence-corrected chi connectivity index (χ2v) is 8.09. The van der Waals surface area contributed by atoms with E-state index in [0.717, 1.165) is 17.7 Å². The highest BCUT2D eigenvalue weighted by Gasteiger charge is 2.85. The van der Waals surface area contributed by atoms with Crippen LogP contribution < -0.4 is 0 Å². The van der Waals surface area contributed by atoms with Crippen molar-refractivity contribution in [2.45, 2.75) is 36.2 Å². The number of epoxide rings is 1. The summed E-state index contributed by atoms with van der Waals surface area (Å²) in [6.07, 6.45) is 0.895. The smallest absolute Gasteiger partial charge is 0.288 e. The summed E-state index contributed by atoms with van der Waals surface area (Å²) < 4.78 is 63.4. The van der Waals surface area contributed by atoms with Gasteiger partial charge in [0.2, 0.25) is 0 Å². The third kappa shape index (κ3) is 1.93. The molecule has 4 aliphatic rings. The number of rotatable bonds is 4. The number of hydrogen-bond acceptors (Lipinski definition) is 2. The van der Waals surface area contributed by atoms with Gasteiger partial charge < -0.3 is 4.74 Å². The molecule has 2 bridgehead atoms. The molecule has 1 unspecified atom stereocenters. The molecule has 0 radical (unpaired) electrons. The number of nitriles is 1. The molecule has 0 N–H and O–H groups in total. The van der Waals surface area contributed by atoms with Crippen LogP contribution in [0.3, 0.4) is 0 Å². The molecule has 0 aromatic heterocycles. The van der Waals surface area contributed by atoms with Crippen LogP contribution in [0.5, 0.6) is 0 Å². The van der Waals surface area contributed by atoms with Crippen molar-refractivity contribution in [3.8, 4) is 6.07 Å². The molecule has 6 rings (SSSR count). The molecule has 0 amide bonds. The molecule has 2 aromatic rings. The highest BCUT2D eigenvalue weighted by molar-refractivity contribution is 5.46. The van der Waals surface area contributed by atoms with Gasteiger partial charge in [0.25, 0.3) is 5.92 Å². The topological polar surface area (TPSA) is 36.3 Å². The molecule has 6 heteroatoms. The van der Waals surface area contributed by atoms with Gasteiger partial charge in [-0.25, -0.2) is 17.6 Å². The number of alkyl halides is 2. The SMILES string of the molecule is N#Cc1ccc(C23CC(C(F)(F)C4(c5ccc(F)cc5F)CO4)(C2)C3)cc1. The van der Waals surface area contributed by atoms with Crippen LogP contribution in [0, 0.1) is 28.4 Å². The lowest BCUT2D eigenvalue weighted by atomic mass is 9.31. The van der Waals surface area contributed by atoms with Gasteiger partial charge >= 0.3 is 0 Å². The first-order chi connectivity index (χ1) is 12.8. The summed E-state index contributed by atoms with van der Waals surface area (Å²) in [7, 11) is 0. The second-order valence-electron chi connectivity index (χ2n) is 8.09. The minimum atomic E-state index is -3.24. The fourth-order valence-electron chi connectivity index (χ4n) is 5.15. The van der Waals surface area contributed by atoms with Gasteiger partial charge in [-0.2, -0.15) is 5.26 Å². The van der Waals surface area contributed by atoms with E-state index in [4.69, 9.17) is 10.00 Å². The van der Waals surface area contributed by atoms with Crippen LogP contribution in [0.1, 0.15) is 36.0 Å². The van der Waals surface area contributed by atoms with Crippen molar-refractivity contribution in [2.75, 3.05) is 6.61 Å². The lowest BCUT2D eigenvalue weighted by Gasteiger charge is -2.73. The van der Waals surface area contributed by atoms with Gasteiger partial charge in [0, 0.05) is 17.0 Å². The van der Waals surface area contributed by atoms with Crippen LogP contribution >= 0.6 is 0 Å². The molecule has 1 atom stereocenters. The zero-order valence-corrected chi connectivity index (χ0v) is 14.2. The van der Waals surface area contributed by atoms with Gasteiger partial charge in [0.1, 0.15) is 11.6 Å². The summed E-state index contributed by atoms with van der Waals surface area (Å²) in [5.74, 6) is -5.05. The molecule has 4 fully saturated rings. The third-order valence-electron chi connectivity index (χ3n) is 6.63. The maximum Gasteiger partial charge on any atom is 0.288 e. The van der Waals surface area contributed by atoms with Gasteiger partial charge in [-0.15, -0.1) is 0 Å². The Morgan fingerprint density at radius 3 is 2.15 bits per heavy atom. The van der Waals surface area contributed by atoms with Crippen LogP contribution in [-0.4, -0.2) is 12.5 Å². The van der Waals surface area contributed by atoms with E-state index in [1.54, 1.807) is 12.1 Å². The van der Waals surface area contributed by atoms with Crippen LogP contribution in [-0.2, 0) is 15.8 Å². The average molecular weight is 373 g/mol. The van der Waals surface area contributed by atoms with Crippen molar-refractivity contribution < 1.29 is 22.3 Å². The molecule has 1 heterocycles. The number of halogens is 4. The fourth-order valence-corrected chi connectivity index (χ4v) is 5.15. The molecule has 2 nitrogen and oxygen atoms in total. The van der Waals surface area contributed by atoms with Gasteiger partial charge in [0.05, 0.1) is 18.2 Å². The predicted octanol–water partition coefficient (Wildman–Crippen LogP) is 4.82. The summed E-state index contributed by atoms with van der Waals surface area (Å²) in [6.45, 7) is -0.270. The Morgan fingerprint density at radius 2 is 1.63 bits per heavy atom. The van der Waals surface area contributed by atoms with Crippen LogP contribution in [0.4, 0.5) is 17.6 Å². The van der Waals surface area contributed by atoms with E-state index in [-0.39, 0.29) is 17.6 Å². The van der Waals surface area contributed by atoms with Crippen molar-refractivity contribution in [3.05, 3.63) is 70.8 Å². The zero-order chi connectivity index (χ0) is 19.1. The Labute approximate surface area is 153 Å². The van der Waals surface area contributed by atoms with Gasteiger partial charge in [0.15, 0.2) is 5.60 Å². The van der Waals surface area contributed by atoms with Crippen molar-refractivity contribution in [1.29, 1.82) is 5.26 Å². The Hall–Kier alpha value is -2.39. The molecule has 0 spiro atoms. The number of benzene rings is 2. The number of ether oxygens (including phenoxy) is 1. The molecule has 2 aromatic carbocycles. The first-order valence-electron chi connectivity index (χ1n) is 8.76. The standard InChI is InChI=1S/C21H15F4NO/c22-15-5-6-16(17(23)7-15)20(12-27-20)21(24,25)19-9-18(10-19,11-19)14-3-1-13(8-26)2-4-14/h1-7H,9-12H2. The molecular formula is C21H15F4NO. The first-order valence-corrected chi connectivity index (χ1v) is 8.76. The summed E-state index contributed by atoms with van der Waals surface area (Å²) in [5, 5.41) is 8.89. The monoisotopic (exact) mass is 373 g/mol. The van der Waals surface area contributed by atoms with E-state index >= 15 is 8.78 Å². The molecule has 1 aliphatic heterocycles. The normalized spacial score (nSPS) is 33.6. The maximum absolute atomic E-state index is 15.5. The van der Waals surface area contributed by atoms with Crippen LogP contribution in [0.15, 0.2) is 42.5 Å². The van der Waals surface area contributed by atoms with E-state index in [1.807, 2.05) is 18.2 Å². The summed E-state index contributed by atoms with van der Waals surface area (Å²) in [4.78, 5) is 0. The Bertz CT molecular complexity index is 968. The summed E-state index contributed by atoms with van der Waals surface area (Å²) in [5.41, 5.74) is -2.30.